The number of nitrogens with zero attached hydrogens (tertiary/aromatic N) is 4. The van der Waals surface area contributed by atoms with Crippen molar-refractivity contribution >= 4 is 12.2 Å². The molecule has 2 aromatic rings. The molecule has 4 rings (SSSR count). The fourth-order valence-corrected chi connectivity index (χ4v) is 3.85. The molecule has 1 saturated heterocycles. The summed E-state index contributed by atoms with van der Waals surface area (Å²) in [6.07, 6.45) is 6.78. The fourth-order valence-electron chi connectivity index (χ4n) is 3.55. The molecule has 0 radical (unpaired) electrons. The summed E-state index contributed by atoms with van der Waals surface area (Å²) >= 11 is 5.60. The molecule has 0 N–H and O–H groups in total. The van der Waals surface area contributed by atoms with E-state index in [4.69, 9.17) is 17.0 Å². The normalized spacial score (nSPS) is 21.3. The van der Waals surface area contributed by atoms with Crippen LogP contribution in [0.15, 0.2) is 30.6 Å². The van der Waals surface area contributed by atoms with Crippen LogP contribution in [0.3, 0.4) is 0 Å². The van der Waals surface area contributed by atoms with Crippen molar-refractivity contribution < 1.29 is 4.74 Å². The predicted octanol–water partition coefficient (Wildman–Crippen LogP) is 3.94. The Morgan fingerprint density at radius 3 is 2.71 bits per heavy atom. The van der Waals surface area contributed by atoms with E-state index < -0.39 is 0 Å². The molecule has 2 heterocycles. The number of benzene rings is 1. The van der Waals surface area contributed by atoms with Gasteiger partial charge in [-0.1, -0.05) is 12.1 Å². The second-order valence-electron chi connectivity index (χ2n) is 6.67. The molecule has 1 aromatic heterocycles. The Labute approximate surface area is 147 Å². The Kier molecular flexibility index (Phi) is 4.41. The highest BCUT2D eigenvalue weighted by atomic mass is 32.1. The molecule has 24 heavy (non-hydrogen) atoms. The van der Waals surface area contributed by atoms with Gasteiger partial charge in [-0.15, -0.1) is 0 Å². The van der Waals surface area contributed by atoms with Crippen LogP contribution in [0.5, 0.6) is 5.75 Å². The molecule has 2 aliphatic rings. The van der Waals surface area contributed by atoms with Gasteiger partial charge in [0.15, 0.2) is 4.77 Å². The van der Waals surface area contributed by atoms with Crippen LogP contribution in [0.1, 0.15) is 50.3 Å². The molecule has 1 unspecified atom stereocenters. The van der Waals surface area contributed by atoms with Gasteiger partial charge in [-0.05, 0) is 62.5 Å². The number of rotatable bonds is 6. The van der Waals surface area contributed by atoms with Gasteiger partial charge in [0.1, 0.15) is 12.1 Å². The minimum Gasteiger partial charge on any atom is -0.494 e. The van der Waals surface area contributed by atoms with Crippen molar-refractivity contribution in [1.82, 2.24) is 19.2 Å². The number of hydrogen-bond acceptors (Lipinski definition) is 4. The van der Waals surface area contributed by atoms with Crippen molar-refractivity contribution in [1.29, 1.82) is 0 Å². The Balaban J connectivity index is 1.49. The van der Waals surface area contributed by atoms with Crippen LogP contribution < -0.4 is 4.74 Å². The van der Waals surface area contributed by atoms with Gasteiger partial charge in [-0.25, -0.2) is 4.68 Å². The van der Waals surface area contributed by atoms with Crippen LogP contribution in [-0.4, -0.2) is 32.4 Å². The summed E-state index contributed by atoms with van der Waals surface area (Å²) in [5.41, 5.74) is 1.35. The van der Waals surface area contributed by atoms with Crippen molar-refractivity contribution in [2.75, 3.05) is 13.2 Å². The third kappa shape index (κ3) is 3.13. The smallest absolute Gasteiger partial charge is 0.199 e. The molecule has 6 heteroatoms. The van der Waals surface area contributed by atoms with Crippen LogP contribution in [0, 0.1) is 4.77 Å². The lowest BCUT2D eigenvalue weighted by Crippen LogP contribution is -2.27. The maximum atomic E-state index is 5.60. The zero-order chi connectivity index (χ0) is 16.5. The number of ether oxygens (including phenoxy) is 1. The maximum absolute atomic E-state index is 5.60. The van der Waals surface area contributed by atoms with Crippen LogP contribution in [-0.2, 0) is 6.67 Å². The first-order chi connectivity index (χ1) is 11.8. The lowest BCUT2D eigenvalue weighted by atomic mass is 10.0. The van der Waals surface area contributed by atoms with Crippen LogP contribution in [0.2, 0.25) is 0 Å². The molecular formula is C18H24N4OS. The molecule has 1 aromatic carbocycles. The van der Waals surface area contributed by atoms with Gasteiger partial charge in [0.05, 0.1) is 13.3 Å². The minimum absolute atomic E-state index is 0.439. The van der Waals surface area contributed by atoms with Crippen LogP contribution in [0.25, 0.3) is 0 Å². The molecule has 1 saturated carbocycles. The number of likely N-dealkylation sites (tertiary alicyclic amines) is 1. The largest absolute Gasteiger partial charge is 0.494 e. The van der Waals surface area contributed by atoms with Gasteiger partial charge in [0.25, 0.3) is 0 Å². The van der Waals surface area contributed by atoms with Gasteiger partial charge in [0.2, 0.25) is 0 Å². The third-order valence-electron chi connectivity index (χ3n) is 4.95. The first-order valence-corrected chi connectivity index (χ1v) is 9.28. The average Bonchev–Trinajstić information content (AvgIpc) is 3.22. The number of hydrogen-bond donors (Lipinski definition) is 0. The molecule has 1 aliphatic carbocycles. The molecule has 1 aliphatic heterocycles. The molecule has 2 fully saturated rings. The SMILES string of the molecule is CCOc1ccc(C2CCCN2Cn2ncn(C3CC3)c2=S)cc1. The molecular weight excluding hydrogens is 320 g/mol. The first-order valence-electron chi connectivity index (χ1n) is 8.87. The van der Waals surface area contributed by atoms with Crippen molar-refractivity contribution in [2.24, 2.45) is 0 Å². The van der Waals surface area contributed by atoms with E-state index in [-0.39, 0.29) is 0 Å². The first kappa shape index (κ1) is 15.8. The zero-order valence-corrected chi connectivity index (χ0v) is 14.9. The summed E-state index contributed by atoms with van der Waals surface area (Å²) in [5, 5.41) is 4.52. The molecule has 5 nitrogen and oxygen atoms in total. The number of aromatic nitrogens is 3. The lowest BCUT2D eigenvalue weighted by molar-refractivity contribution is 0.189. The minimum atomic E-state index is 0.439. The van der Waals surface area contributed by atoms with Gasteiger partial charge in [-0.3, -0.25) is 4.90 Å². The summed E-state index contributed by atoms with van der Waals surface area (Å²) in [6, 6.07) is 9.55. The quantitative estimate of drug-likeness (QED) is 0.744. The van der Waals surface area contributed by atoms with E-state index in [1.165, 1.54) is 31.2 Å². The van der Waals surface area contributed by atoms with Gasteiger partial charge in [-0.2, -0.15) is 5.10 Å². The molecule has 0 amide bonds. The Morgan fingerprint density at radius 2 is 2.00 bits per heavy atom. The standard InChI is InChI=1S/C18H24N4OS/c1-2-23-16-9-5-14(6-10-16)17-4-3-11-20(17)13-22-18(24)21(12-19-22)15-7-8-15/h5-6,9-10,12,15,17H,2-4,7-8,11,13H2,1H3. The van der Waals surface area contributed by atoms with Crippen LogP contribution in [0.4, 0.5) is 0 Å². The summed E-state index contributed by atoms with van der Waals surface area (Å²) < 4.78 is 10.5. The van der Waals surface area contributed by atoms with Crippen LogP contribution >= 0.6 is 12.2 Å². The average molecular weight is 344 g/mol. The van der Waals surface area contributed by atoms with E-state index in [1.54, 1.807) is 0 Å². The topological polar surface area (TPSA) is 35.2 Å². The lowest BCUT2D eigenvalue weighted by Gasteiger charge is -2.24. The van der Waals surface area contributed by atoms with Crippen molar-refractivity contribution in [2.45, 2.75) is 51.4 Å². The van der Waals surface area contributed by atoms with Crippen molar-refractivity contribution in [3.05, 3.63) is 40.9 Å². The maximum Gasteiger partial charge on any atom is 0.199 e. The highest BCUT2D eigenvalue weighted by molar-refractivity contribution is 7.71. The summed E-state index contributed by atoms with van der Waals surface area (Å²) in [5.74, 6) is 0.941. The van der Waals surface area contributed by atoms with E-state index in [2.05, 4.69) is 38.8 Å². The van der Waals surface area contributed by atoms with E-state index in [0.29, 0.717) is 18.7 Å². The third-order valence-corrected chi connectivity index (χ3v) is 5.37. The molecule has 0 bridgehead atoms. The van der Waals surface area contributed by atoms with Gasteiger partial charge >= 0.3 is 0 Å². The Hall–Kier alpha value is -1.66. The van der Waals surface area contributed by atoms with E-state index in [1.807, 2.05) is 17.9 Å². The zero-order valence-electron chi connectivity index (χ0n) is 14.1. The Morgan fingerprint density at radius 1 is 1.21 bits per heavy atom. The monoisotopic (exact) mass is 344 g/mol. The molecule has 128 valence electrons. The highest BCUT2D eigenvalue weighted by Crippen LogP contribution is 2.35. The van der Waals surface area contributed by atoms with Gasteiger partial charge in [0, 0.05) is 18.6 Å². The summed E-state index contributed by atoms with van der Waals surface area (Å²) in [6.45, 7) is 4.58. The van der Waals surface area contributed by atoms with Crippen molar-refractivity contribution in [3.8, 4) is 5.75 Å². The second kappa shape index (κ2) is 6.69. The fraction of sp³-hybridized carbons (Fsp3) is 0.556. The van der Waals surface area contributed by atoms with E-state index >= 15 is 0 Å². The molecule has 1 atom stereocenters. The Bertz CT molecular complexity index is 747. The van der Waals surface area contributed by atoms with E-state index in [0.717, 1.165) is 23.7 Å². The van der Waals surface area contributed by atoms with E-state index in [9.17, 15) is 0 Å². The summed E-state index contributed by atoms with van der Waals surface area (Å²) in [4.78, 5) is 2.48. The van der Waals surface area contributed by atoms with Crippen molar-refractivity contribution in [3.63, 3.8) is 0 Å². The summed E-state index contributed by atoms with van der Waals surface area (Å²) in [7, 11) is 0. The van der Waals surface area contributed by atoms with Gasteiger partial charge < -0.3 is 9.30 Å². The highest BCUT2D eigenvalue weighted by Gasteiger charge is 2.28. The predicted molar refractivity (Wildman–Crippen MR) is 95.6 cm³/mol. The molecule has 0 spiro atoms. The second-order valence-corrected chi connectivity index (χ2v) is 7.03.